The molecule has 1 aliphatic heterocycles. The summed E-state index contributed by atoms with van der Waals surface area (Å²) in [5, 5.41) is 2.95. The fourth-order valence-electron chi connectivity index (χ4n) is 4.44. The third-order valence-corrected chi connectivity index (χ3v) is 7.15. The lowest BCUT2D eigenvalue weighted by Crippen LogP contribution is -2.32. The van der Waals surface area contributed by atoms with Crippen LogP contribution in [0, 0.1) is 23.3 Å². The SMILES string of the molecule is CC(C)c1c(C(=O)N[C@H]2CCOc3ccc(F)cc32)sc2c(-c3cc(F)cc(F)c3)c(F)cnc12. The van der Waals surface area contributed by atoms with E-state index in [9.17, 15) is 22.4 Å². The van der Waals surface area contributed by atoms with E-state index in [0.717, 1.165) is 29.7 Å². The maximum Gasteiger partial charge on any atom is 0.262 e. The fraction of sp³-hybridized carbons (Fsp3) is 0.231. The van der Waals surface area contributed by atoms with Crippen molar-refractivity contribution < 1.29 is 27.1 Å². The molecule has 35 heavy (non-hydrogen) atoms. The second-order valence-corrected chi connectivity index (χ2v) is 9.68. The number of carbonyl (C=O) groups excluding carboxylic acids is 1. The Balaban J connectivity index is 1.62. The number of aromatic nitrogens is 1. The van der Waals surface area contributed by atoms with Crippen LogP contribution in [-0.2, 0) is 0 Å². The van der Waals surface area contributed by atoms with Crippen LogP contribution in [-0.4, -0.2) is 17.5 Å². The monoisotopic (exact) mass is 500 g/mol. The molecule has 0 spiro atoms. The van der Waals surface area contributed by atoms with E-state index in [2.05, 4.69) is 10.3 Å². The molecular weight excluding hydrogens is 480 g/mol. The lowest BCUT2D eigenvalue weighted by molar-refractivity contribution is 0.0927. The topological polar surface area (TPSA) is 51.2 Å². The summed E-state index contributed by atoms with van der Waals surface area (Å²) in [5.41, 5.74) is 1.54. The Morgan fingerprint density at radius 1 is 1.09 bits per heavy atom. The van der Waals surface area contributed by atoms with Gasteiger partial charge in [-0.1, -0.05) is 13.8 Å². The molecule has 0 fully saturated rings. The van der Waals surface area contributed by atoms with E-state index in [1.165, 1.54) is 18.2 Å². The first-order valence-electron chi connectivity index (χ1n) is 11.0. The summed E-state index contributed by atoms with van der Waals surface area (Å²) in [7, 11) is 0. The van der Waals surface area contributed by atoms with Gasteiger partial charge in [0.2, 0.25) is 0 Å². The lowest BCUT2D eigenvalue weighted by atomic mass is 9.98. The smallest absolute Gasteiger partial charge is 0.262 e. The van der Waals surface area contributed by atoms with Crippen LogP contribution in [0.1, 0.15) is 53.0 Å². The molecule has 1 aliphatic rings. The Labute approximate surface area is 202 Å². The van der Waals surface area contributed by atoms with Crippen molar-refractivity contribution in [3.05, 3.63) is 81.9 Å². The average molecular weight is 501 g/mol. The van der Waals surface area contributed by atoms with Crippen molar-refractivity contribution in [1.82, 2.24) is 10.3 Å². The molecule has 0 radical (unpaired) electrons. The molecule has 5 rings (SSSR count). The van der Waals surface area contributed by atoms with Crippen molar-refractivity contribution in [1.29, 1.82) is 0 Å². The number of rotatable bonds is 4. The second-order valence-electron chi connectivity index (χ2n) is 8.66. The van der Waals surface area contributed by atoms with Crippen LogP contribution in [0.5, 0.6) is 5.75 Å². The van der Waals surface area contributed by atoms with Crippen LogP contribution < -0.4 is 10.1 Å². The van der Waals surface area contributed by atoms with E-state index in [0.29, 0.717) is 51.1 Å². The number of thiophene rings is 1. The van der Waals surface area contributed by atoms with Gasteiger partial charge in [-0.3, -0.25) is 9.78 Å². The summed E-state index contributed by atoms with van der Waals surface area (Å²) >= 11 is 1.02. The van der Waals surface area contributed by atoms with Crippen LogP contribution in [0.15, 0.2) is 42.6 Å². The lowest BCUT2D eigenvalue weighted by Gasteiger charge is -2.26. The molecule has 0 saturated carbocycles. The quantitative estimate of drug-likeness (QED) is 0.310. The largest absolute Gasteiger partial charge is 0.493 e. The number of fused-ring (bicyclic) bond motifs is 2. The Hall–Kier alpha value is -3.46. The number of halogens is 4. The average Bonchev–Trinajstić information content (AvgIpc) is 3.18. The molecule has 4 nitrogen and oxygen atoms in total. The maximum absolute atomic E-state index is 14.9. The van der Waals surface area contributed by atoms with Gasteiger partial charge in [0.15, 0.2) is 5.82 Å². The Bertz CT molecular complexity index is 1450. The number of benzene rings is 2. The molecule has 180 valence electrons. The minimum Gasteiger partial charge on any atom is -0.493 e. The van der Waals surface area contributed by atoms with Crippen LogP contribution >= 0.6 is 11.3 Å². The highest BCUT2D eigenvalue weighted by atomic mass is 32.1. The fourth-order valence-corrected chi connectivity index (χ4v) is 5.81. The zero-order valence-electron chi connectivity index (χ0n) is 18.8. The molecule has 0 saturated heterocycles. The van der Waals surface area contributed by atoms with E-state index in [1.54, 1.807) is 0 Å². The highest BCUT2D eigenvalue weighted by Crippen LogP contribution is 2.42. The van der Waals surface area contributed by atoms with Crippen molar-refractivity contribution in [3.8, 4) is 16.9 Å². The van der Waals surface area contributed by atoms with E-state index in [4.69, 9.17) is 4.74 Å². The number of amides is 1. The second kappa shape index (κ2) is 8.96. The number of ether oxygens (including phenoxy) is 1. The van der Waals surface area contributed by atoms with Gasteiger partial charge in [-0.15, -0.1) is 11.3 Å². The van der Waals surface area contributed by atoms with Crippen LogP contribution in [0.3, 0.4) is 0 Å². The van der Waals surface area contributed by atoms with Gasteiger partial charge in [0.05, 0.1) is 33.9 Å². The van der Waals surface area contributed by atoms with Gasteiger partial charge >= 0.3 is 0 Å². The summed E-state index contributed by atoms with van der Waals surface area (Å²) in [4.78, 5) is 18.0. The van der Waals surface area contributed by atoms with Crippen molar-refractivity contribution >= 4 is 27.5 Å². The van der Waals surface area contributed by atoms with Gasteiger partial charge in [-0.25, -0.2) is 17.6 Å². The van der Waals surface area contributed by atoms with Gasteiger partial charge in [-0.2, -0.15) is 0 Å². The van der Waals surface area contributed by atoms with E-state index < -0.39 is 35.2 Å². The minimum absolute atomic E-state index is 0.0159. The zero-order valence-corrected chi connectivity index (χ0v) is 19.6. The van der Waals surface area contributed by atoms with Crippen LogP contribution in [0.25, 0.3) is 21.3 Å². The first kappa shape index (κ1) is 23.3. The van der Waals surface area contributed by atoms with E-state index in [1.807, 2.05) is 13.8 Å². The number of nitrogens with zero attached hydrogens (tertiary/aromatic N) is 1. The first-order valence-corrected chi connectivity index (χ1v) is 11.8. The molecule has 1 amide bonds. The normalized spacial score (nSPS) is 15.2. The Morgan fingerprint density at radius 2 is 1.83 bits per heavy atom. The Kier molecular flexibility index (Phi) is 5.96. The third-order valence-electron chi connectivity index (χ3n) is 5.94. The van der Waals surface area contributed by atoms with Crippen molar-refractivity contribution in [2.24, 2.45) is 0 Å². The molecule has 1 atom stereocenters. The number of nitrogens with one attached hydrogen (secondary N) is 1. The van der Waals surface area contributed by atoms with E-state index >= 15 is 0 Å². The summed E-state index contributed by atoms with van der Waals surface area (Å²) in [5.74, 6) is -2.94. The first-order chi connectivity index (χ1) is 16.7. The van der Waals surface area contributed by atoms with Gasteiger partial charge in [0.25, 0.3) is 5.91 Å². The van der Waals surface area contributed by atoms with Gasteiger partial charge in [-0.05, 0) is 41.8 Å². The third kappa shape index (κ3) is 4.25. The number of hydrogen-bond donors (Lipinski definition) is 1. The summed E-state index contributed by atoms with van der Waals surface area (Å²) in [6, 6.07) is 6.48. The summed E-state index contributed by atoms with van der Waals surface area (Å²) < 4.78 is 62.5. The van der Waals surface area contributed by atoms with E-state index in [-0.39, 0.29) is 17.0 Å². The van der Waals surface area contributed by atoms with Crippen molar-refractivity contribution in [2.75, 3.05) is 6.61 Å². The van der Waals surface area contributed by atoms with Gasteiger partial charge in [0.1, 0.15) is 23.2 Å². The Morgan fingerprint density at radius 3 is 2.54 bits per heavy atom. The predicted octanol–water partition coefficient (Wildman–Crippen LogP) is 6.90. The number of hydrogen-bond acceptors (Lipinski definition) is 4. The molecular formula is C26H20F4N2O2S. The highest BCUT2D eigenvalue weighted by molar-refractivity contribution is 7.21. The van der Waals surface area contributed by atoms with Crippen molar-refractivity contribution in [3.63, 3.8) is 0 Å². The highest BCUT2D eigenvalue weighted by Gasteiger charge is 2.29. The maximum atomic E-state index is 14.9. The van der Waals surface area contributed by atoms with Gasteiger partial charge < -0.3 is 10.1 Å². The minimum atomic E-state index is -0.839. The molecule has 9 heteroatoms. The summed E-state index contributed by atoms with van der Waals surface area (Å²) in [6.07, 6.45) is 1.45. The summed E-state index contributed by atoms with van der Waals surface area (Å²) in [6.45, 7) is 4.11. The molecule has 2 aromatic carbocycles. The molecule has 0 unspecified atom stereocenters. The molecule has 3 heterocycles. The molecule has 1 N–H and O–H groups in total. The van der Waals surface area contributed by atoms with Crippen LogP contribution in [0.4, 0.5) is 17.6 Å². The van der Waals surface area contributed by atoms with Crippen LogP contribution in [0.2, 0.25) is 0 Å². The molecule has 0 aliphatic carbocycles. The van der Waals surface area contributed by atoms with Crippen molar-refractivity contribution in [2.45, 2.75) is 32.2 Å². The number of pyridine rings is 1. The molecule has 0 bridgehead atoms. The molecule has 4 aromatic rings. The predicted molar refractivity (Wildman–Crippen MR) is 126 cm³/mol. The molecule has 2 aromatic heterocycles. The standard InChI is InChI=1S/C26H20F4N2O2S/c1-12(2)21-23-24(22(18(30)11-31-23)13-7-15(28)9-16(29)8-13)35-25(21)26(33)32-19-5-6-34-20-4-3-14(27)10-17(19)20/h3-4,7-12,19H,5-6H2,1-2H3,(H,32,33)/t19-/m0/s1. The van der Waals surface area contributed by atoms with Gasteiger partial charge in [0, 0.05) is 29.2 Å². The zero-order chi connectivity index (χ0) is 24.9. The number of carbonyl (C=O) groups is 1.